The lowest BCUT2D eigenvalue weighted by Crippen LogP contribution is -1.93. The molecule has 10 aromatic rings. The van der Waals surface area contributed by atoms with E-state index in [2.05, 4.69) is 124 Å². The summed E-state index contributed by atoms with van der Waals surface area (Å²) in [4.78, 5) is 0. The number of fused-ring (bicyclic) bond motifs is 13. The molecule has 0 saturated heterocycles. The van der Waals surface area contributed by atoms with Crippen molar-refractivity contribution in [2.45, 2.75) is 0 Å². The molecule has 0 spiro atoms. The minimum atomic E-state index is 0.931. The predicted octanol–water partition coefficient (Wildman–Crippen LogP) is 9.83. The smallest absolute Gasteiger partial charge is 0.136 e. The molecule has 0 saturated carbocycles. The number of hydrogen-bond donors (Lipinski definition) is 0. The molecule has 3 nitrogen and oxygen atoms in total. The van der Waals surface area contributed by atoms with Crippen LogP contribution in [0.4, 0.5) is 0 Å². The first kappa shape index (κ1) is 19.8. The lowest BCUT2D eigenvalue weighted by atomic mass is 10.0. The van der Waals surface area contributed by atoms with Crippen molar-refractivity contribution in [2.75, 3.05) is 0 Å². The quantitative estimate of drug-likeness (QED) is 0.222. The van der Waals surface area contributed by atoms with E-state index in [1.54, 1.807) is 0 Å². The largest absolute Gasteiger partial charge is 0.456 e. The molecule has 0 bridgehead atoms. The van der Waals surface area contributed by atoms with E-state index in [0.29, 0.717) is 0 Å². The summed E-state index contributed by atoms with van der Waals surface area (Å²) >= 11 is 0. The van der Waals surface area contributed by atoms with Crippen LogP contribution in [0.25, 0.3) is 87.5 Å². The highest BCUT2D eigenvalue weighted by molar-refractivity contribution is 6.34. The minimum absolute atomic E-state index is 0.931. The third kappa shape index (κ3) is 2.31. The van der Waals surface area contributed by atoms with E-state index in [4.69, 9.17) is 4.42 Å². The highest BCUT2D eigenvalue weighted by Gasteiger charge is 2.24. The van der Waals surface area contributed by atoms with Crippen LogP contribution in [0.2, 0.25) is 0 Å². The first-order valence-corrected chi connectivity index (χ1v) is 13.4. The van der Waals surface area contributed by atoms with Crippen LogP contribution in [-0.4, -0.2) is 8.97 Å². The van der Waals surface area contributed by atoms with Gasteiger partial charge in [0.05, 0.1) is 27.6 Å². The zero-order valence-corrected chi connectivity index (χ0v) is 20.8. The second-order valence-corrected chi connectivity index (χ2v) is 10.5. The molecule has 0 aliphatic heterocycles. The van der Waals surface area contributed by atoms with Crippen molar-refractivity contribution in [3.05, 3.63) is 121 Å². The minimum Gasteiger partial charge on any atom is -0.456 e. The Bertz CT molecular complexity index is 2600. The predicted molar refractivity (Wildman–Crippen MR) is 163 cm³/mol. The fourth-order valence-electron chi connectivity index (χ4n) is 7.07. The molecule has 0 radical (unpaired) electrons. The summed E-state index contributed by atoms with van der Waals surface area (Å²) in [6.45, 7) is 0. The molecular weight excluding hydrogens is 476 g/mol. The highest BCUT2D eigenvalue weighted by Crippen LogP contribution is 2.47. The topological polar surface area (TPSA) is 22.5 Å². The maximum atomic E-state index is 6.34. The zero-order valence-electron chi connectivity index (χ0n) is 20.8. The molecule has 0 fully saturated rings. The van der Waals surface area contributed by atoms with Gasteiger partial charge in [0.1, 0.15) is 11.2 Å². The molecule has 0 aliphatic carbocycles. The maximum Gasteiger partial charge on any atom is 0.136 e. The van der Waals surface area contributed by atoms with Gasteiger partial charge in [-0.15, -0.1) is 0 Å². The fourth-order valence-corrected chi connectivity index (χ4v) is 7.07. The number of furan rings is 1. The summed E-state index contributed by atoms with van der Waals surface area (Å²) in [5.74, 6) is 0. The third-order valence-corrected chi connectivity index (χ3v) is 8.61. The second-order valence-electron chi connectivity index (χ2n) is 10.5. The van der Waals surface area contributed by atoms with E-state index in [9.17, 15) is 0 Å². The Morgan fingerprint density at radius 3 is 1.97 bits per heavy atom. The Morgan fingerprint density at radius 1 is 0.410 bits per heavy atom. The van der Waals surface area contributed by atoms with Crippen molar-refractivity contribution in [1.82, 2.24) is 8.97 Å². The Hall–Kier alpha value is -5.28. The number of nitrogens with zero attached hydrogens (tertiary/aromatic N) is 2. The molecule has 39 heavy (non-hydrogen) atoms. The first-order chi connectivity index (χ1) is 19.4. The van der Waals surface area contributed by atoms with Crippen LogP contribution in [0.1, 0.15) is 0 Å². The van der Waals surface area contributed by atoms with E-state index in [-0.39, 0.29) is 0 Å². The molecule has 4 aromatic heterocycles. The molecule has 0 N–H and O–H groups in total. The summed E-state index contributed by atoms with van der Waals surface area (Å²) in [6.07, 6.45) is 0. The van der Waals surface area contributed by atoms with Gasteiger partial charge < -0.3 is 13.4 Å². The maximum absolute atomic E-state index is 6.34. The summed E-state index contributed by atoms with van der Waals surface area (Å²) < 4.78 is 11.3. The van der Waals surface area contributed by atoms with E-state index in [1.807, 2.05) is 6.07 Å². The zero-order chi connectivity index (χ0) is 25.2. The van der Waals surface area contributed by atoms with Crippen molar-refractivity contribution in [3.8, 4) is 5.69 Å². The Kier molecular flexibility index (Phi) is 3.44. The number of para-hydroxylation sites is 4. The van der Waals surface area contributed by atoms with Crippen LogP contribution >= 0.6 is 0 Å². The van der Waals surface area contributed by atoms with Crippen LogP contribution in [0, 0.1) is 0 Å². The van der Waals surface area contributed by atoms with E-state index in [0.717, 1.165) is 21.9 Å². The Labute approximate surface area is 222 Å². The number of rotatable bonds is 1. The van der Waals surface area contributed by atoms with Crippen LogP contribution < -0.4 is 0 Å². The molecule has 3 heteroatoms. The third-order valence-electron chi connectivity index (χ3n) is 8.61. The average molecular weight is 497 g/mol. The van der Waals surface area contributed by atoms with Crippen LogP contribution in [0.15, 0.2) is 126 Å². The second kappa shape index (κ2) is 6.77. The highest BCUT2D eigenvalue weighted by atomic mass is 16.3. The summed E-state index contributed by atoms with van der Waals surface area (Å²) in [7, 11) is 0. The molecule has 0 unspecified atom stereocenters. The van der Waals surface area contributed by atoms with Gasteiger partial charge in [-0.05, 0) is 48.5 Å². The van der Waals surface area contributed by atoms with Crippen molar-refractivity contribution in [3.63, 3.8) is 0 Å². The Balaban J connectivity index is 1.53. The monoisotopic (exact) mass is 496 g/mol. The van der Waals surface area contributed by atoms with Crippen LogP contribution in [-0.2, 0) is 0 Å². The van der Waals surface area contributed by atoms with Gasteiger partial charge in [-0.2, -0.15) is 0 Å². The number of hydrogen-bond acceptors (Lipinski definition) is 1. The van der Waals surface area contributed by atoms with E-state index < -0.39 is 0 Å². The molecule has 180 valence electrons. The van der Waals surface area contributed by atoms with Gasteiger partial charge in [-0.3, -0.25) is 0 Å². The van der Waals surface area contributed by atoms with Gasteiger partial charge in [0.25, 0.3) is 0 Å². The molecule has 0 aliphatic rings. The summed E-state index contributed by atoms with van der Waals surface area (Å²) in [5, 5.41) is 9.94. The lowest BCUT2D eigenvalue weighted by molar-refractivity contribution is 0.669. The molecule has 6 aromatic carbocycles. The van der Waals surface area contributed by atoms with Crippen molar-refractivity contribution < 1.29 is 4.42 Å². The standard InChI is InChI=1S/C36H20N2O/c1-2-10-21(11-3-1)37-29-15-7-4-12-22(29)27-18-28-25-20-33-26(23-13-6-9-17-32(23)39-33)19-31(25)38-30-16-8-5-14-24(30)34(35(27)37)36(28)38/h1-20H. The van der Waals surface area contributed by atoms with Crippen LogP contribution in [0.3, 0.4) is 0 Å². The van der Waals surface area contributed by atoms with Crippen molar-refractivity contribution >= 4 is 81.8 Å². The molecule has 10 rings (SSSR count). The number of benzene rings is 6. The molecule has 0 amide bonds. The van der Waals surface area contributed by atoms with Gasteiger partial charge in [0, 0.05) is 48.8 Å². The van der Waals surface area contributed by atoms with Gasteiger partial charge in [0.2, 0.25) is 0 Å². The van der Waals surface area contributed by atoms with Gasteiger partial charge in [-0.25, -0.2) is 0 Å². The lowest BCUT2D eigenvalue weighted by Gasteiger charge is -2.09. The van der Waals surface area contributed by atoms with Gasteiger partial charge >= 0.3 is 0 Å². The van der Waals surface area contributed by atoms with Crippen molar-refractivity contribution in [2.24, 2.45) is 0 Å². The van der Waals surface area contributed by atoms with E-state index >= 15 is 0 Å². The van der Waals surface area contributed by atoms with Gasteiger partial charge in [0.15, 0.2) is 0 Å². The van der Waals surface area contributed by atoms with Gasteiger partial charge in [-0.1, -0.05) is 72.8 Å². The normalized spacial score (nSPS) is 12.6. The van der Waals surface area contributed by atoms with E-state index in [1.165, 1.54) is 65.6 Å². The summed E-state index contributed by atoms with van der Waals surface area (Å²) in [5.41, 5.74) is 9.26. The number of aromatic nitrogens is 2. The molecular formula is C36H20N2O. The van der Waals surface area contributed by atoms with Crippen molar-refractivity contribution in [1.29, 1.82) is 0 Å². The Morgan fingerprint density at radius 2 is 1.10 bits per heavy atom. The fraction of sp³-hybridized carbons (Fsp3) is 0. The average Bonchev–Trinajstić information content (AvgIpc) is 3.71. The molecule has 4 heterocycles. The van der Waals surface area contributed by atoms with Crippen LogP contribution in [0.5, 0.6) is 0 Å². The SMILES string of the molecule is c1ccc(-n2c3ccccc3c3cc4c5cc6oc7ccccc7c6cc5n5c6ccccc6c(c32)c45)cc1. The first-order valence-electron chi connectivity index (χ1n) is 13.4. The summed E-state index contributed by atoms with van der Waals surface area (Å²) in [6, 6.07) is 43.7. The molecule has 0 atom stereocenters.